The van der Waals surface area contributed by atoms with E-state index >= 15 is 0 Å². The molecule has 0 saturated carbocycles. The van der Waals surface area contributed by atoms with Gasteiger partial charge in [-0.15, -0.1) is 0 Å². The number of benzene rings is 3. The SMILES string of the molecule is COc1ccc(NS(=O)(=O)CN(CCCc2ccccc2)C(=O)N(CCC(C)C)C(=O)OCc2ccccc2)cc1. The van der Waals surface area contributed by atoms with Gasteiger partial charge in [-0.3, -0.25) is 4.72 Å². The molecule has 3 aromatic carbocycles. The Morgan fingerprint density at radius 3 is 2.05 bits per heavy atom. The van der Waals surface area contributed by atoms with Gasteiger partial charge in [0.2, 0.25) is 0 Å². The molecule has 0 spiro atoms. The van der Waals surface area contributed by atoms with Gasteiger partial charge in [0.05, 0.1) is 7.11 Å². The first-order chi connectivity index (χ1) is 19.7. The van der Waals surface area contributed by atoms with Crippen molar-refractivity contribution in [1.82, 2.24) is 9.80 Å². The van der Waals surface area contributed by atoms with Crippen molar-refractivity contribution >= 4 is 27.8 Å². The fourth-order valence-corrected chi connectivity index (χ4v) is 5.24. The van der Waals surface area contributed by atoms with Crippen molar-refractivity contribution in [2.75, 3.05) is 30.8 Å². The van der Waals surface area contributed by atoms with Crippen molar-refractivity contribution in [3.63, 3.8) is 0 Å². The van der Waals surface area contributed by atoms with Crippen LogP contribution in [0.3, 0.4) is 0 Å². The minimum Gasteiger partial charge on any atom is -0.497 e. The zero-order valence-electron chi connectivity index (χ0n) is 23.9. The number of methoxy groups -OCH3 is 1. The highest BCUT2D eigenvalue weighted by atomic mass is 32.2. The molecule has 0 saturated heterocycles. The summed E-state index contributed by atoms with van der Waals surface area (Å²) in [5.41, 5.74) is 2.18. The summed E-state index contributed by atoms with van der Waals surface area (Å²) < 4.78 is 39.5. The standard InChI is InChI=1S/C31H39N3O6S/c1-25(2)20-22-34(31(36)40-23-27-13-8-5-9-14-27)30(35)33(21-10-15-26-11-6-4-7-12-26)24-41(37,38)32-28-16-18-29(39-3)19-17-28/h4-9,11-14,16-19,25,32H,10,15,20-24H2,1-3H3. The Hall–Kier alpha value is -4.05. The summed E-state index contributed by atoms with van der Waals surface area (Å²) in [4.78, 5) is 29.2. The van der Waals surface area contributed by atoms with Gasteiger partial charge in [-0.1, -0.05) is 74.5 Å². The summed E-state index contributed by atoms with van der Waals surface area (Å²) >= 11 is 0. The second-order valence-corrected chi connectivity index (χ2v) is 11.8. The van der Waals surface area contributed by atoms with E-state index in [1.54, 1.807) is 24.3 Å². The molecule has 41 heavy (non-hydrogen) atoms. The third kappa shape index (κ3) is 10.8. The first-order valence-corrected chi connectivity index (χ1v) is 15.3. The highest BCUT2D eigenvalue weighted by Gasteiger charge is 2.30. The van der Waals surface area contributed by atoms with Crippen LogP contribution < -0.4 is 9.46 Å². The molecular weight excluding hydrogens is 542 g/mol. The predicted octanol–water partition coefficient (Wildman–Crippen LogP) is 6.13. The van der Waals surface area contributed by atoms with Gasteiger partial charge in [0.25, 0.3) is 10.0 Å². The molecule has 3 aromatic rings. The van der Waals surface area contributed by atoms with E-state index in [9.17, 15) is 18.0 Å². The molecule has 0 heterocycles. The van der Waals surface area contributed by atoms with Crippen LogP contribution >= 0.6 is 0 Å². The van der Waals surface area contributed by atoms with E-state index < -0.39 is 28.0 Å². The van der Waals surface area contributed by atoms with E-state index in [0.29, 0.717) is 30.7 Å². The molecule has 0 aliphatic heterocycles. The summed E-state index contributed by atoms with van der Waals surface area (Å²) in [6.07, 6.45) is 0.875. The number of anilines is 1. The number of carbonyl (C=O) groups excluding carboxylic acids is 2. The third-order valence-electron chi connectivity index (χ3n) is 6.28. The molecule has 0 aromatic heterocycles. The van der Waals surface area contributed by atoms with Crippen molar-refractivity contribution < 1.29 is 27.5 Å². The number of ether oxygens (including phenoxy) is 2. The van der Waals surface area contributed by atoms with Gasteiger partial charge in [0, 0.05) is 18.8 Å². The summed E-state index contributed by atoms with van der Waals surface area (Å²) in [6, 6.07) is 24.6. The van der Waals surface area contributed by atoms with E-state index in [2.05, 4.69) is 4.72 Å². The Kier molecular flexibility index (Phi) is 12.0. The summed E-state index contributed by atoms with van der Waals surface area (Å²) in [6.45, 7) is 4.20. The molecule has 0 unspecified atom stereocenters. The zero-order chi connectivity index (χ0) is 29.7. The van der Waals surface area contributed by atoms with Crippen LogP contribution in [0.2, 0.25) is 0 Å². The normalized spacial score (nSPS) is 11.1. The quantitative estimate of drug-likeness (QED) is 0.245. The van der Waals surface area contributed by atoms with Crippen LogP contribution in [0.15, 0.2) is 84.9 Å². The van der Waals surface area contributed by atoms with Crippen molar-refractivity contribution in [3.8, 4) is 5.75 Å². The fraction of sp³-hybridized carbons (Fsp3) is 0.355. The Morgan fingerprint density at radius 2 is 1.46 bits per heavy atom. The Labute approximate surface area is 243 Å². The van der Waals surface area contributed by atoms with Crippen molar-refractivity contribution in [2.45, 2.75) is 39.7 Å². The Balaban J connectivity index is 1.79. The molecular formula is C31H39N3O6S. The molecule has 3 rings (SSSR count). The van der Waals surface area contributed by atoms with Gasteiger partial charge in [-0.05, 0) is 60.6 Å². The first-order valence-electron chi connectivity index (χ1n) is 13.6. The topological polar surface area (TPSA) is 105 Å². The smallest absolute Gasteiger partial charge is 0.418 e. The molecule has 0 atom stereocenters. The number of amides is 3. The van der Waals surface area contributed by atoms with Crippen LogP contribution in [0.5, 0.6) is 5.75 Å². The number of hydrogen-bond donors (Lipinski definition) is 1. The number of hydrogen-bond acceptors (Lipinski definition) is 6. The molecule has 0 fully saturated rings. The number of rotatable bonds is 14. The lowest BCUT2D eigenvalue weighted by atomic mass is 10.1. The summed E-state index contributed by atoms with van der Waals surface area (Å²) in [5, 5.41) is 0. The van der Waals surface area contributed by atoms with Crippen LogP contribution in [0.4, 0.5) is 15.3 Å². The lowest BCUT2D eigenvalue weighted by Crippen LogP contribution is -2.49. The van der Waals surface area contributed by atoms with Crippen LogP contribution in [0, 0.1) is 5.92 Å². The Morgan fingerprint density at radius 1 is 0.854 bits per heavy atom. The van der Waals surface area contributed by atoms with E-state index in [0.717, 1.165) is 16.0 Å². The predicted molar refractivity (Wildman–Crippen MR) is 160 cm³/mol. The number of urea groups is 1. The van der Waals surface area contributed by atoms with Gasteiger partial charge < -0.3 is 14.4 Å². The number of carbonyl (C=O) groups is 2. The third-order valence-corrected chi connectivity index (χ3v) is 7.48. The second-order valence-electron chi connectivity index (χ2n) is 10.1. The number of nitrogens with one attached hydrogen (secondary N) is 1. The fourth-order valence-electron chi connectivity index (χ4n) is 4.03. The number of aryl methyl sites for hydroxylation is 1. The molecule has 0 aliphatic carbocycles. The van der Waals surface area contributed by atoms with Gasteiger partial charge >= 0.3 is 12.1 Å². The molecule has 9 nitrogen and oxygen atoms in total. The Bertz CT molecular complexity index is 1330. The minimum absolute atomic E-state index is 0.00351. The number of imide groups is 1. The molecule has 3 amide bonds. The van der Waals surface area contributed by atoms with Gasteiger partial charge in [0.15, 0.2) is 0 Å². The van der Waals surface area contributed by atoms with Crippen LogP contribution in [-0.2, 0) is 27.8 Å². The largest absolute Gasteiger partial charge is 0.497 e. The molecule has 0 aliphatic rings. The van der Waals surface area contributed by atoms with Crippen molar-refractivity contribution in [2.24, 2.45) is 5.92 Å². The van der Waals surface area contributed by atoms with E-state index in [1.165, 1.54) is 12.0 Å². The highest BCUT2D eigenvalue weighted by Crippen LogP contribution is 2.18. The summed E-state index contributed by atoms with van der Waals surface area (Å²) in [7, 11) is -2.48. The second kappa shape index (κ2) is 15.7. The average Bonchev–Trinajstić information content (AvgIpc) is 2.96. The molecule has 10 heteroatoms. The monoisotopic (exact) mass is 581 g/mol. The van der Waals surface area contributed by atoms with E-state index in [4.69, 9.17) is 9.47 Å². The van der Waals surface area contributed by atoms with E-state index in [-0.39, 0.29) is 25.6 Å². The molecule has 220 valence electrons. The van der Waals surface area contributed by atoms with Crippen LogP contribution in [0.1, 0.15) is 37.8 Å². The lowest BCUT2D eigenvalue weighted by Gasteiger charge is -2.29. The molecule has 0 radical (unpaired) electrons. The number of sulfonamides is 1. The van der Waals surface area contributed by atoms with Gasteiger partial charge in [-0.2, -0.15) is 0 Å². The first kappa shape index (κ1) is 31.5. The van der Waals surface area contributed by atoms with Gasteiger partial charge in [-0.25, -0.2) is 22.9 Å². The maximum absolute atomic E-state index is 13.8. The molecule has 1 N–H and O–H groups in total. The highest BCUT2D eigenvalue weighted by molar-refractivity contribution is 7.92. The average molecular weight is 582 g/mol. The van der Waals surface area contributed by atoms with Crippen LogP contribution in [0.25, 0.3) is 0 Å². The number of nitrogens with zero attached hydrogens (tertiary/aromatic N) is 2. The molecule has 0 bridgehead atoms. The summed E-state index contributed by atoms with van der Waals surface area (Å²) in [5.74, 6) is 0.163. The maximum Gasteiger partial charge on any atom is 0.418 e. The van der Waals surface area contributed by atoms with Crippen molar-refractivity contribution in [3.05, 3.63) is 96.1 Å². The van der Waals surface area contributed by atoms with E-state index in [1.807, 2.05) is 74.5 Å². The van der Waals surface area contributed by atoms with Gasteiger partial charge in [0.1, 0.15) is 18.2 Å². The minimum atomic E-state index is -4.00. The maximum atomic E-state index is 13.8. The zero-order valence-corrected chi connectivity index (χ0v) is 24.7. The van der Waals surface area contributed by atoms with Crippen molar-refractivity contribution in [1.29, 1.82) is 0 Å². The lowest BCUT2D eigenvalue weighted by molar-refractivity contribution is 0.0933. The van der Waals surface area contributed by atoms with Crippen LogP contribution in [-0.4, -0.2) is 56.4 Å².